The van der Waals surface area contributed by atoms with Gasteiger partial charge in [0.15, 0.2) is 0 Å². The fraction of sp³-hybridized carbons (Fsp3) is 0.200. The van der Waals surface area contributed by atoms with Gasteiger partial charge < -0.3 is 9.88 Å². The molecule has 2 heterocycles. The van der Waals surface area contributed by atoms with Gasteiger partial charge in [-0.05, 0) is 29.7 Å². The van der Waals surface area contributed by atoms with Crippen LogP contribution in [-0.2, 0) is 10.0 Å². The van der Waals surface area contributed by atoms with Gasteiger partial charge >= 0.3 is 0 Å². The molecule has 0 unspecified atom stereocenters. The molecule has 1 aromatic heterocycles. The van der Waals surface area contributed by atoms with Crippen molar-refractivity contribution in [2.75, 3.05) is 26.2 Å². The fourth-order valence-corrected chi connectivity index (χ4v) is 5.61. The molecule has 1 aliphatic rings. The molecule has 30 heavy (non-hydrogen) atoms. The van der Waals surface area contributed by atoms with E-state index in [0.29, 0.717) is 10.8 Å². The van der Waals surface area contributed by atoms with Gasteiger partial charge in [0.05, 0.1) is 10.0 Å². The topological polar surface area (TPSA) is 90.6 Å². The molecule has 0 spiro atoms. The molecule has 0 aliphatic carbocycles. The van der Waals surface area contributed by atoms with Crippen LogP contribution < -0.4 is 5.56 Å². The van der Waals surface area contributed by atoms with Gasteiger partial charge in [-0.25, -0.2) is 8.42 Å². The molecule has 156 valence electrons. The first kappa shape index (κ1) is 20.9. The second-order valence-electron chi connectivity index (χ2n) is 6.85. The highest BCUT2D eigenvalue weighted by atomic mass is 35.5. The summed E-state index contributed by atoms with van der Waals surface area (Å²) in [5.41, 5.74) is -0.166. The van der Waals surface area contributed by atoms with Crippen LogP contribution in [0.5, 0.6) is 0 Å². The molecule has 0 saturated carbocycles. The minimum absolute atomic E-state index is 0.0218. The molecule has 0 bridgehead atoms. The quantitative estimate of drug-likeness (QED) is 0.643. The van der Waals surface area contributed by atoms with Gasteiger partial charge in [-0.15, -0.1) is 0 Å². The molecule has 1 fully saturated rings. The van der Waals surface area contributed by atoms with E-state index in [-0.39, 0.29) is 58.3 Å². The second-order valence-corrected chi connectivity index (χ2v) is 9.54. The molecule has 2 aromatic carbocycles. The number of amides is 1. The number of H-pyrrole nitrogens is 1. The first-order valence-electron chi connectivity index (χ1n) is 9.14. The summed E-state index contributed by atoms with van der Waals surface area (Å²) in [7, 11) is -3.84. The number of rotatable bonds is 3. The van der Waals surface area contributed by atoms with Crippen LogP contribution in [0.4, 0.5) is 0 Å². The van der Waals surface area contributed by atoms with Gasteiger partial charge in [-0.3, -0.25) is 9.59 Å². The summed E-state index contributed by atoms with van der Waals surface area (Å²) in [5, 5.41) is 1.31. The zero-order valence-electron chi connectivity index (χ0n) is 15.6. The Kier molecular flexibility index (Phi) is 5.59. The highest BCUT2D eigenvalue weighted by Gasteiger charge is 2.32. The van der Waals surface area contributed by atoms with Gasteiger partial charge in [0.25, 0.3) is 11.5 Å². The fourth-order valence-electron chi connectivity index (χ4n) is 3.45. The third kappa shape index (κ3) is 3.72. The molecule has 10 heteroatoms. The van der Waals surface area contributed by atoms with Crippen molar-refractivity contribution in [3.63, 3.8) is 0 Å². The SMILES string of the molecule is O=C(c1cc2ccccc2c(=O)[nH]1)N1CCN(S(=O)(=O)c2cccc(Cl)c2Cl)CC1. The summed E-state index contributed by atoms with van der Waals surface area (Å²) >= 11 is 12.0. The van der Waals surface area contributed by atoms with Gasteiger partial charge in [0.1, 0.15) is 10.6 Å². The summed E-state index contributed by atoms with van der Waals surface area (Å²) in [6.07, 6.45) is 0. The number of benzene rings is 2. The Morgan fingerprint density at radius 1 is 0.967 bits per heavy atom. The number of carbonyl (C=O) groups is 1. The molecular weight excluding hydrogens is 449 g/mol. The van der Waals surface area contributed by atoms with Crippen molar-refractivity contribution < 1.29 is 13.2 Å². The smallest absolute Gasteiger partial charge is 0.270 e. The number of nitrogens with zero attached hydrogens (tertiary/aromatic N) is 2. The predicted molar refractivity (Wildman–Crippen MR) is 116 cm³/mol. The summed E-state index contributed by atoms with van der Waals surface area (Å²) in [6, 6.07) is 13.1. The summed E-state index contributed by atoms with van der Waals surface area (Å²) in [6.45, 7) is 0.583. The van der Waals surface area contributed by atoms with Crippen molar-refractivity contribution in [3.05, 3.63) is 74.6 Å². The van der Waals surface area contributed by atoms with Crippen molar-refractivity contribution in [1.82, 2.24) is 14.2 Å². The third-order valence-electron chi connectivity index (χ3n) is 5.04. The number of aromatic amines is 1. The van der Waals surface area contributed by atoms with E-state index >= 15 is 0 Å². The van der Waals surface area contributed by atoms with Crippen LogP contribution in [0.2, 0.25) is 10.0 Å². The first-order chi connectivity index (χ1) is 14.3. The Morgan fingerprint density at radius 2 is 1.67 bits per heavy atom. The number of pyridine rings is 1. The lowest BCUT2D eigenvalue weighted by molar-refractivity contribution is 0.0692. The molecule has 1 aliphatic heterocycles. The van der Waals surface area contributed by atoms with E-state index in [1.54, 1.807) is 30.3 Å². The van der Waals surface area contributed by atoms with E-state index < -0.39 is 10.0 Å². The maximum Gasteiger partial charge on any atom is 0.270 e. The van der Waals surface area contributed by atoms with Crippen LogP contribution in [0, 0.1) is 0 Å². The molecule has 0 atom stereocenters. The van der Waals surface area contributed by atoms with Gasteiger partial charge in [0.2, 0.25) is 10.0 Å². The molecule has 4 rings (SSSR count). The summed E-state index contributed by atoms with van der Waals surface area (Å²) < 4.78 is 27.1. The lowest BCUT2D eigenvalue weighted by atomic mass is 10.1. The van der Waals surface area contributed by atoms with Crippen molar-refractivity contribution in [2.45, 2.75) is 4.90 Å². The Morgan fingerprint density at radius 3 is 2.40 bits per heavy atom. The van der Waals surface area contributed by atoms with Gasteiger partial charge in [-0.2, -0.15) is 4.31 Å². The zero-order chi connectivity index (χ0) is 21.5. The highest BCUT2D eigenvalue weighted by Crippen LogP contribution is 2.31. The first-order valence-corrected chi connectivity index (χ1v) is 11.3. The lowest BCUT2D eigenvalue weighted by Gasteiger charge is -2.34. The minimum atomic E-state index is -3.84. The van der Waals surface area contributed by atoms with Crippen LogP contribution in [-0.4, -0.2) is 54.7 Å². The zero-order valence-corrected chi connectivity index (χ0v) is 18.0. The number of aromatic nitrogens is 1. The maximum absolute atomic E-state index is 12.9. The number of fused-ring (bicyclic) bond motifs is 1. The number of hydrogen-bond acceptors (Lipinski definition) is 4. The second kappa shape index (κ2) is 8.03. The average Bonchev–Trinajstić information content (AvgIpc) is 2.75. The van der Waals surface area contributed by atoms with Crippen LogP contribution >= 0.6 is 23.2 Å². The number of carbonyl (C=O) groups excluding carboxylic acids is 1. The maximum atomic E-state index is 12.9. The largest absolute Gasteiger partial charge is 0.335 e. The number of piperazine rings is 1. The third-order valence-corrected chi connectivity index (χ3v) is 7.92. The number of halogens is 2. The Hall–Kier alpha value is -2.39. The molecule has 3 aromatic rings. The Bertz CT molecular complexity index is 1300. The summed E-state index contributed by atoms with van der Waals surface area (Å²) in [4.78, 5) is 29.2. The van der Waals surface area contributed by atoms with Crippen molar-refractivity contribution >= 4 is 49.9 Å². The number of sulfonamides is 1. The molecule has 1 saturated heterocycles. The Balaban J connectivity index is 1.53. The average molecular weight is 466 g/mol. The van der Waals surface area contributed by atoms with E-state index in [0.717, 1.165) is 0 Å². The van der Waals surface area contributed by atoms with Gasteiger partial charge in [0, 0.05) is 31.6 Å². The van der Waals surface area contributed by atoms with Crippen LogP contribution in [0.25, 0.3) is 10.8 Å². The lowest BCUT2D eigenvalue weighted by Crippen LogP contribution is -2.50. The molecule has 1 N–H and O–H groups in total. The molecule has 7 nitrogen and oxygen atoms in total. The van der Waals surface area contributed by atoms with E-state index in [1.807, 2.05) is 0 Å². The van der Waals surface area contributed by atoms with E-state index in [1.165, 1.54) is 27.4 Å². The van der Waals surface area contributed by atoms with Crippen LogP contribution in [0.3, 0.4) is 0 Å². The van der Waals surface area contributed by atoms with Crippen LogP contribution in [0.1, 0.15) is 10.5 Å². The van der Waals surface area contributed by atoms with Gasteiger partial charge in [-0.1, -0.05) is 47.5 Å². The monoisotopic (exact) mass is 465 g/mol. The molecular formula is C20H17Cl2N3O4S. The number of nitrogens with one attached hydrogen (secondary N) is 1. The Labute approximate surface area is 182 Å². The van der Waals surface area contributed by atoms with Crippen molar-refractivity contribution in [1.29, 1.82) is 0 Å². The highest BCUT2D eigenvalue weighted by molar-refractivity contribution is 7.89. The predicted octanol–water partition coefficient (Wildman–Crippen LogP) is 2.98. The minimum Gasteiger partial charge on any atom is -0.335 e. The van der Waals surface area contributed by atoms with Crippen LogP contribution in [0.15, 0.2) is 58.2 Å². The van der Waals surface area contributed by atoms with E-state index in [9.17, 15) is 18.0 Å². The standard InChI is InChI=1S/C20H17Cl2N3O4S/c21-15-6-3-7-17(18(15)22)30(28,29)25-10-8-24(9-11-25)20(27)16-12-13-4-1-2-5-14(13)19(26)23-16/h1-7,12H,8-11H2,(H,23,26). The molecule has 1 amide bonds. The summed E-state index contributed by atoms with van der Waals surface area (Å²) in [5.74, 6) is -0.351. The van der Waals surface area contributed by atoms with Crippen molar-refractivity contribution in [3.8, 4) is 0 Å². The molecule has 0 radical (unpaired) electrons. The number of hydrogen-bond donors (Lipinski definition) is 1. The van der Waals surface area contributed by atoms with E-state index in [4.69, 9.17) is 23.2 Å². The van der Waals surface area contributed by atoms with Crippen molar-refractivity contribution in [2.24, 2.45) is 0 Å². The normalized spacial score (nSPS) is 15.5. The van der Waals surface area contributed by atoms with E-state index in [2.05, 4.69) is 4.98 Å².